The minimum absolute atomic E-state index is 0.166. The number of hydrogen-bond acceptors (Lipinski definition) is 3. The van der Waals surface area contributed by atoms with E-state index in [2.05, 4.69) is 15.9 Å². The molecule has 0 fully saturated rings. The minimum atomic E-state index is -0.996. The molecule has 0 aromatic heterocycles. The van der Waals surface area contributed by atoms with Crippen LogP contribution in [0.25, 0.3) is 0 Å². The smallest absolute Gasteiger partial charge is 0.335 e. The minimum Gasteiger partial charge on any atom is -0.490 e. The van der Waals surface area contributed by atoms with Gasteiger partial charge in [0.05, 0.1) is 23.2 Å². The van der Waals surface area contributed by atoms with Gasteiger partial charge in [0.1, 0.15) is 0 Å². The summed E-state index contributed by atoms with van der Waals surface area (Å²) in [6.45, 7) is 4.63. The van der Waals surface area contributed by atoms with E-state index in [4.69, 9.17) is 14.6 Å². The van der Waals surface area contributed by atoms with E-state index in [1.165, 1.54) is 12.1 Å². The summed E-state index contributed by atoms with van der Waals surface area (Å²) in [5.41, 5.74) is 0.166. The number of ether oxygens (including phenoxy) is 2. The van der Waals surface area contributed by atoms with Gasteiger partial charge in [-0.05, 0) is 41.9 Å². The van der Waals surface area contributed by atoms with Crippen LogP contribution < -0.4 is 9.47 Å². The predicted octanol–water partition coefficient (Wildman–Crippen LogP) is 2.94. The van der Waals surface area contributed by atoms with Crippen LogP contribution >= 0.6 is 15.9 Å². The average Bonchev–Trinajstić information content (AvgIpc) is 2.23. The number of carbonyl (C=O) groups is 1. The standard InChI is InChI=1S/C11H13BrO4/c1-3-15-9-6-7(11(13)14)5-8(12)10(9)16-4-2/h5-6H,3-4H2,1-2H3,(H,13,14). The number of hydrogen-bond donors (Lipinski definition) is 1. The molecule has 0 spiro atoms. The topological polar surface area (TPSA) is 55.8 Å². The van der Waals surface area contributed by atoms with E-state index in [0.29, 0.717) is 29.2 Å². The van der Waals surface area contributed by atoms with Gasteiger partial charge >= 0.3 is 5.97 Å². The summed E-state index contributed by atoms with van der Waals surface area (Å²) < 4.78 is 11.3. The fourth-order valence-electron chi connectivity index (χ4n) is 1.24. The van der Waals surface area contributed by atoms with Gasteiger partial charge in [-0.15, -0.1) is 0 Å². The second-order valence-corrected chi connectivity index (χ2v) is 3.81. The van der Waals surface area contributed by atoms with E-state index in [-0.39, 0.29) is 5.56 Å². The van der Waals surface area contributed by atoms with Crippen molar-refractivity contribution in [3.8, 4) is 11.5 Å². The molecule has 16 heavy (non-hydrogen) atoms. The van der Waals surface area contributed by atoms with Crippen molar-refractivity contribution in [2.24, 2.45) is 0 Å². The molecule has 1 aromatic carbocycles. The molecule has 0 amide bonds. The largest absolute Gasteiger partial charge is 0.490 e. The van der Waals surface area contributed by atoms with Crippen molar-refractivity contribution in [1.82, 2.24) is 0 Å². The molecule has 0 aliphatic heterocycles. The van der Waals surface area contributed by atoms with E-state index in [1.54, 1.807) is 0 Å². The molecule has 0 radical (unpaired) electrons. The summed E-state index contributed by atoms with van der Waals surface area (Å²) in [6, 6.07) is 2.96. The van der Waals surface area contributed by atoms with Gasteiger partial charge in [-0.25, -0.2) is 4.79 Å². The third kappa shape index (κ3) is 2.88. The predicted molar refractivity (Wildman–Crippen MR) is 63.4 cm³/mol. The van der Waals surface area contributed by atoms with Crippen molar-refractivity contribution < 1.29 is 19.4 Å². The Bertz CT molecular complexity index is 390. The second-order valence-electron chi connectivity index (χ2n) is 2.96. The molecule has 5 heteroatoms. The van der Waals surface area contributed by atoms with Gasteiger partial charge in [0.25, 0.3) is 0 Å². The highest BCUT2D eigenvalue weighted by Crippen LogP contribution is 2.36. The van der Waals surface area contributed by atoms with Gasteiger partial charge in [0, 0.05) is 0 Å². The van der Waals surface area contributed by atoms with E-state index >= 15 is 0 Å². The maximum atomic E-state index is 10.9. The highest BCUT2D eigenvalue weighted by molar-refractivity contribution is 9.10. The number of benzene rings is 1. The van der Waals surface area contributed by atoms with Crippen LogP contribution in [0.1, 0.15) is 24.2 Å². The van der Waals surface area contributed by atoms with Crippen molar-refractivity contribution in [3.63, 3.8) is 0 Å². The quantitative estimate of drug-likeness (QED) is 0.905. The van der Waals surface area contributed by atoms with Crippen LogP contribution in [0.4, 0.5) is 0 Å². The van der Waals surface area contributed by atoms with Gasteiger partial charge in [0.15, 0.2) is 11.5 Å². The monoisotopic (exact) mass is 288 g/mol. The van der Waals surface area contributed by atoms with E-state index in [1.807, 2.05) is 13.8 Å². The van der Waals surface area contributed by atoms with E-state index < -0.39 is 5.97 Å². The van der Waals surface area contributed by atoms with Crippen LogP contribution in [-0.2, 0) is 0 Å². The molecule has 1 rings (SSSR count). The maximum absolute atomic E-state index is 10.9. The van der Waals surface area contributed by atoms with Crippen LogP contribution in [-0.4, -0.2) is 24.3 Å². The Kier molecular flexibility index (Phi) is 4.61. The Labute approximate surface area is 102 Å². The van der Waals surface area contributed by atoms with E-state index in [0.717, 1.165) is 0 Å². The SMILES string of the molecule is CCOc1cc(C(=O)O)cc(Br)c1OCC. The van der Waals surface area contributed by atoms with Crippen LogP contribution in [0.5, 0.6) is 11.5 Å². The maximum Gasteiger partial charge on any atom is 0.335 e. The molecule has 0 saturated carbocycles. The first-order valence-corrected chi connectivity index (χ1v) is 5.71. The lowest BCUT2D eigenvalue weighted by Gasteiger charge is -2.13. The van der Waals surface area contributed by atoms with E-state index in [9.17, 15) is 4.79 Å². The Balaban J connectivity index is 3.21. The Morgan fingerprint density at radius 3 is 2.44 bits per heavy atom. The molecular formula is C11H13BrO4. The van der Waals surface area contributed by atoms with Crippen LogP contribution in [0.3, 0.4) is 0 Å². The lowest BCUT2D eigenvalue weighted by molar-refractivity contribution is 0.0696. The first kappa shape index (κ1) is 12.8. The zero-order chi connectivity index (χ0) is 12.1. The summed E-state index contributed by atoms with van der Waals surface area (Å²) in [7, 11) is 0. The third-order valence-electron chi connectivity index (χ3n) is 1.84. The van der Waals surface area contributed by atoms with Crippen molar-refractivity contribution >= 4 is 21.9 Å². The number of halogens is 1. The second kappa shape index (κ2) is 5.75. The first-order valence-electron chi connectivity index (χ1n) is 4.92. The zero-order valence-electron chi connectivity index (χ0n) is 9.12. The normalized spacial score (nSPS) is 9.94. The molecule has 88 valence electrons. The molecule has 0 heterocycles. The highest BCUT2D eigenvalue weighted by atomic mass is 79.9. The average molecular weight is 289 g/mol. The van der Waals surface area contributed by atoms with Crippen molar-refractivity contribution in [2.45, 2.75) is 13.8 Å². The fraction of sp³-hybridized carbons (Fsp3) is 0.364. The van der Waals surface area contributed by atoms with Crippen molar-refractivity contribution in [2.75, 3.05) is 13.2 Å². The van der Waals surface area contributed by atoms with Crippen molar-refractivity contribution in [3.05, 3.63) is 22.2 Å². The highest BCUT2D eigenvalue weighted by Gasteiger charge is 2.14. The molecule has 1 aromatic rings. The number of rotatable bonds is 5. The Morgan fingerprint density at radius 1 is 1.31 bits per heavy atom. The summed E-state index contributed by atoms with van der Waals surface area (Å²) in [4.78, 5) is 10.9. The first-order chi connectivity index (χ1) is 7.60. The molecule has 4 nitrogen and oxygen atoms in total. The number of carboxylic acid groups (broad SMARTS) is 1. The Morgan fingerprint density at radius 2 is 1.94 bits per heavy atom. The van der Waals surface area contributed by atoms with Crippen LogP contribution in [0.2, 0.25) is 0 Å². The molecular weight excluding hydrogens is 276 g/mol. The molecule has 0 aliphatic carbocycles. The molecule has 0 saturated heterocycles. The van der Waals surface area contributed by atoms with Crippen LogP contribution in [0.15, 0.2) is 16.6 Å². The zero-order valence-corrected chi connectivity index (χ0v) is 10.7. The molecule has 0 atom stereocenters. The van der Waals surface area contributed by atoms with Crippen LogP contribution in [0, 0.1) is 0 Å². The summed E-state index contributed by atoms with van der Waals surface area (Å²) in [6.07, 6.45) is 0. The van der Waals surface area contributed by atoms with Gasteiger partial charge in [0.2, 0.25) is 0 Å². The molecule has 0 aliphatic rings. The molecule has 0 unspecified atom stereocenters. The lowest BCUT2D eigenvalue weighted by Crippen LogP contribution is -2.03. The molecule has 1 N–H and O–H groups in total. The van der Waals surface area contributed by atoms with Gasteiger partial charge < -0.3 is 14.6 Å². The van der Waals surface area contributed by atoms with Gasteiger partial charge in [-0.1, -0.05) is 0 Å². The molecule has 0 bridgehead atoms. The summed E-state index contributed by atoms with van der Waals surface area (Å²) in [5, 5.41) is 8.91. The van der Waals surface area contributed by atoms with Gasteiger partial charge in [-0.2, -0.15) is 0 Å². The number of carboxylic acids is 1. The van der Waals surface area contributed by atoms with Crippen molar-refractivity contribution in [1.29, 1.82) is 0 Å². The fourth-order valence-corrected chi connectivity index (χ4v) is 1.80. The Hall–Kier alpha value is -1.23. The number of aromatic carboxylic acids is 1. The van der Waals surface area contributed by atoms with Gasteiger partial charge in [-0.3, -0.25) is 0 Å². The third-order valence-corrected chi connectivity index (χ3v) is 2.43. The summed E-state index contributed by atoms with van der Waals surface area (Å²) >= 11 is 3.27. The lowest BCUT2D eigenvalue weighted by atomic mass is 10.2. The summed E-state index contributed by atoms with van der Waals surface area (Å²) in [5.74, 6) is -0.0184.